The molecule has 8 nitrogen and oxygen atoms in total. The molecule has 4 heterocycles. The number of ether oxygens (including phenoxy) is 1. The van der Waals surface area contributed by atoms with E-state index in [1.165, 1.54) is 17.3 Å². The van der Waals surface area contributed by atoms with E-state index in [9.17, 15) is 4.79 Å². The first-order chi connectivity index (χ1) is 17.7. The van der Waals surface area contributed by atoms with Gasteiger partial charge < -0.3 is 20.3 Å². The maximum absolute atomic E-state index is 15.3. The summed E-state index contributed by atoms with van der Waals surface area (Å²) >= 11 is 1.81. The number of carbonyl (C=O) groups excluding carboxylic acids is 1. The van der Waals surface area contributed by atoms with Gasteiger partial charge in [-0.05, 0) is 43.2 Å². The van der Waals surface area contributed by atoms with Crippen LogP contribution in [0, 0.1) is 5.82 Å². The zero-order valence-corrected chi connectivity index (χ0v) is 21.9. The summed E-state index contributed by atoms with van der Waals surface area (Å²) in [7, 11) is 1.75. The molecule has 0 aliphatic carbocycles. The van der Waals surface area contributed by atoms with E-state index in [0.717, 1.165) is 37.6 Å². The number of aromatic nitrogens is 3. The van der Waals surface area contributed by atoms with Crippen molar-refractivity contribution >= 4 is 45.7 Å². The van der Waals surface area contributed by atoms with Gasteiger partial charge in [0.25, 0.3) is 5.91 Å². The Hall–Kier alpha value is -3.37. The summed E-state index contributed by atoms with van der Waals surface area (Å²) in [5, 5.41) is 0. The number of amides is 1. The summed E-state index contributed by atoms with van der Waals surface area (Å²) in [6.45, 7) is 7.60. The monoisotopic (exact) mass is 520 g/mol. The fourth-order valence-electron chi connectivity index (χ4n) is 5.34. The molecule has 1 atom stereocenters. The van der Waals surface area contributed by atoms with E-state index in [1.807, 2.05) is 11.8 Å². The molecule has 2 N–H and O–H groups in total. The normalized spacial score (nSPS) is 19.2. The van der Waals surface area contributed by atoms with Crippen molar-refractivity contribution in [1.29, 1.82) is 0 Å². The van der Waals surface area contributed by atoms with Crippen molar-refractivity contribution in [3.05, 3.63) is 65.4 Å². The van der Waals surface area contributed by atoms with Crippen LogP contribution in [0.2, 0.25) is 0 Å². The standard InChI is InChI=1S/C27H29FN6O2S/c1-27(2)19-10-16(33-6-8-36-9-7-33)4-5-17(19)24(14-37-27)32(3)26(35)18-11-22-21(12-20(18)28)31-25(29)23-13-30-15-34(22)23/h4-5,10-13,15,24H,6-9,14H2,1-3H3,(H2,29,31)/t24-/m1/s1. The number of hydrogen-bond acceptors (Lipinski definition) is 7. The minimum atomic E-state index is -0.623. The molecule has 4 aromatic rings. The van der Waals surface area contributed by atoms with Gasteiger partial charge in [-0.3, -0.25) is 9.20 Å². The maximum Gasteiger partial charge on any atom is 0.257 e. The highest BCUT2D eigenvalue weighted by Crippen LogP contribution is 2.48. The van der Waals surface area contributed by atoms with Crippen molar-refractivity contribution in [2.24, 2.45) is 0 Å². The lowest BCUT2D eigenvalue weighted by Gasteiger charge is -2.41. The predicted octanol–water partition coefficient (Wildman–Crippen LogP) is 4.24. The van der Waals surface area contributed by atoms with Crippen LogP contribution in [0.3, 0.4) is 0 Å². The predicted molar refractivity (Wildman–Crippen MR) is 145 cm³/mol. The van der Waals surface area contributed by atoms with Gasteiger partial charge in [0.15, 0.2) is 0 Å². The topological polar surface area (TPSA) is 89.0 Å². The van der Waals surface area contributed by atoms with Crippen LogP contribution in [-0.4, -0.2) is 64.3 Å². The molecule has 0 spiro atoms. The molecular weight excluding hydrogens is 491 g/mol. The quantitative estimate of drug-likeness (QED) is 0.432. The molecule has 2 aromatic carbocycles. The van der Waals surface area contributed by atoms with E-state index in [-0.39, 0.29) is 28.1 Å². The number of benzene rings is 2. The van der Waals surface area contributed by atoms with Gasteiger partial charge in [0.2, 0.25) is 0 Å². The lowest BCUT2D eigenvalue weighted by Crippen LogP contribution is -2.39. The van der Waals surface area contributed by atoms with E-state index in [1.54, 1.807) is 34.9 Å². The fourth-order valence-corrected chi connectivity index (χ4v) is 6.65. The summed E-state index contributed by atoms with van der Waals surface area (Å²) in [4.78, 5) is 26.2. The van der Waals surface area contributed by atoms with Gasteiger partial charge in [-0.15, -0.1) is 11.8 Å². The van der Waals surface area contributed by atoms with Crippen molar-refractivity contribution < 1.29 is 13.9 Å². The molecule has 2 aliphatic heterocycles. The Bertz CT molecular complexity index is 1530. The number of rotatable bonds is 3. The second-order valence-corrected chi connectivity index (χ2v) is 11.7. The fraction of sp³-hybridized carbons (Fsp3) is 0.370. The van der Waals surface area contributed by atoms with Gasteiger partial charge in [0.05, 0.1) is 48.4 Å². The van der Waals surface area contributed by atoms with Crippen molar-refractivity contribution in [2.45, 2.75) is 24.6 Å². The largest absolute Gasteiger partial charge is 0.382 e. The average Bonchev–Trinajstić information content (AvgIpc) is 3.39. The third-order valence-electron chi connectivity index (χ3n) is 7.51. The smallest absolute Gasteiger partial charge is 0.257 e. The number of morpholine rings is 1. The highest BCUT2D eigenvalue weighted by molar-refractivity contribution is 8.00. The summed E-state index contributed by atoms with van der Waals surface area (Å²) in [6, 6.07) is 9.15. The molecule has 10 heteroatoms. The van der Waals surface area contributed by atoms with Crippen LogP contribution in [0.1, 0.15) is 41.4 Å². The Kier molecular flexibility index (Phi) is 5.76. The molecule has 192 valence electrons. The lowest BCUT2D eigenvalue weighted by atomic mass is 9.90. The molecule has 0 saturated carbocycles. The van der Waals surface area contributed by atoms with E-state index in [2.05, 4.69) is 46.9 Å². The Morgan fingerprint density at radius 2 is 2.00 bits per heavy atom. The van der Waals surface area contributed by atoms with Crippen LogP contribution in [0.25, 0.3) is 16.6 Å². The van der Waals surface area contributed by atoms with Crippen molar-refractivity contribution in [3.63, 3.8) is 0 Å². The first-order valence-electron chi connectivity index (χ1n) is 12.3. The van der Waals surface area contributed by atoms with Crippen LogP contribution in [-0.2, 0) is 9.48 Å². The molecule has 6 rings (SSSR count). The number of nitrogen functional groups attached to an aromatic ring is 1. The zero-order valence-electron chi connectivity index (χ0n) is 21.1. The SMILES string of the molecule is CN(C(=O)c1cc2c(cc1F)nc(N)c1cncn12)[C@@H]1CSC(C)(C)c2cc(N3CCOCC3)ccc21. The van der Waals surface area contributed by atoms with Crippen LogP contribution < -0.4 is 10.6 Å². The number of fused-ring (bicyclic) bond motifs is 4. The molecule has 1 saturated heterocycles. The number of nitrogens with zero attached hydrogens (tertiary/aromatic N) is 5. The van der Waals surface area contributed by atoms with Crippen LogP contribution in [0.4, 0.5) is 15.9 Å². The van der Waals surface area contributed by atoms with E-state index >= 15 is 4.39 Å². The average molecular weight is 521 g/mol. The van der Waals surface area contributed by atoms with Crippen molar-refractivity contribution in [2.75, 3.05) is 49.7 Å². The van der Waals surface area contributed by atoms with Gasteiger partial charge in [0, 0.05) is 42.4 Å². The second kappa shape index (κ2) is 8.88. The maximum atomic E-state index is 15.3. The molecule has 1 fully saturated rings. The molecule has 1 amide bonds. The second-order valence-electron chi connectivity index (χ2n) is 10.1. The summed E-state index contributed by atoms with van der Waals surface area (Å²) < 4.78 is 22.4. The van der Waals surface area contributed by atoms with Gasteiger partial charge in [-0.1, -0.05) is 6.07 Å². The molecule has 0 unspecified atom stereocenters. The van der Waals surface area contributed by atoms with Crippen molar-refractivity contribution in [3.8, 4) is 0 Å². The number of carbonyl (C=O) groups is 1. The van der Waals surface area contributed by atoms with Gasteiger partial charge in [-0.25, -0.2) is 14.4 Å². The number of imidazole rings is 1. The first-order valence-corrected chi connectivity index (χ1v) is 13.3. The zero-order chi connectivity index (χ0) is 25.9. The third kappa shape index (κ3) is 3.99. The number of hydrogen-bond donors (Lipinski definition) is 1. The first kappa shape index (κ1) is 24.0. The minimum Gasteiger partial charge on any atom is -0.382 e. The number of nitrogens with two attached hydrogens (primary N) is 1. The minimum absolute atomic E-state index is 0.00195. The van der Waals surface area contributed by atoms with Crippen LogP contribution in [0.5, 0.6) is 0 Å². The van der Waals surface area contributed by atoms with Crippen LogP contribution >= 0.6 is 11.8 Å². The Labute approximate surface area is 218 Å². The van der Waals surface area contributed by atoms with E-state index < -0.39 is 5.82 Å². The molecular formula is C27H29FN6O2S. The Morgan fingerprint density at radius 3 is 2.78 bits per heavy atom. The number of thioether (sulfide) groups is 1. The Balaban J connectivity index is 1.37. The molecule has 0 bridgehead atoms. The van der Waals surface area contributed by atoms with Gasteiger partial charge in [0.1, 0.15) is 17.2 Å². The van der Waals surface area contributed by atoms with E-state index in [0.29, 0.717) is 16.6 Å². The number of anilines is 2. The molecule has 37 heavy (non-hydrogen) atoms. The molecule has 2 aliphatic rings. The van der Waals surface area contributed by atoms with Crippen molar-refractivity contribution in [1.82, 2.24) is 19.3 Å². The summed E-state index contributed by atoms with van der Waals surface area (Å²) in [5.74, 6) is -0.0195. The van der Waals surface area contributed by atoms with Crippen LogP contribution in [0.15, 0.2) is 42.9 Å². The summed E-state index contributed by atoms with van der Waals surface area (Å²) in [6.07, 6.45) is 3.19. The highest BCUT2D eigenvalue weighted by atomic mass is 32.2. The van der Waals surface area contributed by atoms with Gasteiger partial charge in [-0.2, -0.15) is 0 Å². The third-order valence-corrected chi connectivity index (χ3v) is 8.93. The molecule has 0 radical (unpaired) electrons. The molecule has 2 aromatic heterocycles. The lowest BCUT2D eigenvalue weighted by molar-refractivity contribution is 0.0738. The highest BCUT2D eigenvalue weighted by Gasteiger charge is 2.37. The number of halogens is 1. The van der Waals surface area contributed by atoms with Gasteiger partial charge >= 0.3 is 0 Å². The Morgan fingerprint density at radius 1 is 1.22 bits per heavy atom. The van der Waals surface area contributed by atoms with E-state index in [4.69, 9.17) is 10.5 Å². The summed E-state index contributed by atoms with van der Waals surface area (Å²) in [5.41, 5.74) is 11.0.